The molecule has 1 amide bonds. The fourth-order valence-electron chi connectivity index (χ4n) is 2.54. The molecular formula is C19H13ClN2O3S. The van der Waals surface area contributed by atoms with Gasteiger partial charge in [-0.3, -0.25) is 10.1 Å². The fourth-order valence-corrected chi connectivity index (χ4v) is 3.36. The highest BCUT2D eigenvalue weighted by Crippen LogP contribution is 2.34. The number of para-hydroxylation sites is 1. The van der Waals surface area contributed by atoms with Crippen molar-refractivity contribution in [2.24, 2.45) is 0 Å². The van der Waals surface area contributed by atoms with Crippen LogP contribution >= 0.6 is 22.9 Å². The molecule has 2 aromatic heterocycles. The first-order valence-electron chi connectivity index (χ1n) is 7.73. The maximum absolute atomic E-state index is 12.3. The molecule has 1 N–H and O–H groups in total. The third-order valence-corrected chi connectivity index (χ3v) is 4.82. The maximum Gasteiger partial charge on any atom is 0.257 e. The van der Waals surface area contributed by atoms with E-state index in [9.17, 15) is 4.79 Å². The van der Waals surface area contributed by atoms with Gasteiger partial charge in [-0.2, -0.15) is 0 Å². The first-order chi connectivity index (χ1) is 12.6. The molecule has 0 unspecified atom stereocenters. The van der Waals surface area contributed by atoms with Gasteiger partial charge in [0.25, 0.3) is 5.91 Å². The number of thiazole rings is 1. The van der Waals surface area contributed by atoms with Crippen LogP contribution in [0.3, 0.4) is 0 Å². The summed E-state index contributed by atoms with van der Waals surface area (Å²) >= 11 is 7.17. The van der Waals surface area contributed by atoms with E-state index in [0.29, 0.717) is 38.5 Å². The number of anilines is 1. The van der Waals surface area contributed by atoms with Crippen LogP contribution in [-0.4, -0.2) is 18.0 Å². The van der Waals surface area contributed by atoms with E-state index in [0.717, 1.165) is 5.39 Å². The van der Waals surface area contributed by atoms with Gasteiger partial charge in [0.15, 0.2) is 22.2 Å². The number of nitrogens with one attached hydrogen (secondary N) is 1. The zero-order valence-electron chi connectivity index (χ0n) is 13.7. The maximum atomic E-state index is 12.3. The van der Waals surface area contributed by atoms with Crippen LogP contribution in [0.4, 0.5) is 5.13 Å². The van der Waals surface area contributed by atoms with Crippen LogP contribution in [0.1, 0.15) is 10.4 Å². The Morgan fingerprint density at radius 3 is 2.81 bits per heavy atom. The van der Waals surface area contributed by atoms with Gasteiger partial charge in [-0.25, -0.2) is 4.98 Å². The molecule has 5 nitrogen and oxygen atoms in total. The molecule has 0 spiro atoms. The lowest BCUT2D eigenvalue weighted by Gasteiger charge is -2.01. The number of rotatable bonds is 4. The molecule has 0 radical (unpaired) electrons. The van der Waals surface area contributed by atoms with Crippen LogP contribution < -0.4 is 10.1 Å². The molecular weight excluding hydrogens is 372 g/mol. The Morgan fingerprint density at radius 1 is 1.23 bits per heavy atom. The summed E-state index contributed by atoms with van der Waals surface area (Å²) in [7, 11) is 1.60. The second-order valence-corrected chi connectivity index (χ2v) is 6.78. The Labute approximate surface area is 158 Å². The average molecular weight is 385 g/mol. The standard InChI is InChI=1S/C19H13ClN2O3S/c1-24-15-4-2-3-12-9-16(25-17(12)15)14-10-26-19(21-14)22-18(23)11-5-7-13(20)8-6-11/h2-10H,1H3,(H,21,22,23). The summed E-state index contributed by atoms with van der Waals surface area (Å²) in [5.41, 5.74) is 1.84. The topological polar surface area (TPSA) is 64.4 Å². The van der Waals surface area contributed by atoms with Crippen molar-refractivity contribution in [3.8, 4) is 17.2 Å². The van der Waals surface area contributed by atoms with Crippen molar-refractivity contribution in [2.45, 2.75) is 0 Å². The molecule has 130 valence electrons. The number of fused-ring (bicyclic) bond motifs is 1. The molecule has 0 fully saturated rings. The monoisotopic (exact) mass is 384 g/mol. The number of methoxy groups -OCH3 is 1. The number of hydrogen-bond acceptors (Lipinski definition) is 5. The smallest absolute Gasteiger partial charge is 0.257 e. The Kier molecular flexibility index (Phi) is 4.36. The van der Waals surface area contributed by atoms with Crippen molar-refractivity contribution >= 4 is 44.9 Å². The van der Waals surface area contributed by atoms with Gasteiger partial charge >= 0.3 is 0 Å². The van der Waals surface area contributed by atoms with E-state index in [1.807, 2.05) is 29.6 Å². The Balaban J connectivity index is 1.58. The van der Waals surface area contributed by atoms with Crippen LogP contribution in [0.25, 0.3) is 22.4 Å². The second-order valence-electron chi connectivity index (χ2n) is 5.49. The predicted octanol–water partition coefficient (Wildman–Crippen LogP) is 5.47. The second kappa shape index (κ2) is 6.82. The lowest BCUT2D eigenvalue weighted by atomic mass is 10.2. The summed E-state index contributed by atoms with van der Waals surface area (Å²) in [5.74, 6) is 1.04. The van der Waals surface area contributed by atoms with Crippen LogP contribution in [0, 0.1) is 0 Å². The van der Waals surface area contributed by atoms with E-state index in [1.165, 1.54) is 11.3 Å². The summed E-state index contributed by atoms with van der Waals surface area (Å²) < 4.78 is 11.2. The normalized spacial score (nSPS) is 10.8. The van der Waals surface area contributed by atoms with Gasteiger partial charge in [-0.1, -0.05) is 23.7 Å². The van der Waals surface area contributed by atoms with Crippen molar-refractivity contribution in [1.82, 2.24) is 4.98 Å². The Bertz CT molecular complexity index is 1090. The number of benzene rings is 2. The van der Waals surface area contributed by atoms with E-state index in [4.69, 9.17) is 20.8 Å². The fraction of sp³-hybridized carbons (Fsp3) is 0.0526. The zero-order chi connectivity index (χ0) is 18.1. The number of aromatic nitrogens is 1. The Hall–Kier alpha value is -2.83. The lowest BCUT2D eigenvalue weighted by molar-refractivity contribution is 0.102. The minimum absolute atomic E-state index is 0.242. The van der Waals surface area contributed by atoms with Crippen molar-refractivity contribution in [3.05, 3.63) is 64.5 Å². The number of furan rings is 1. The van der Waals surface area contributed by atoms with Crippen molar-refractivity contribution in [2.75, 3.05) is 12.4 Å². The van der Waals surface area contributed by atoms with Gasteiger partial charge in [0.1, 0.15) is 5.69 Å². The number of hydrogen-bond donors (Lipinski definition) is 1. The van der Waals surface area contributed by atoms with Crippen molar-refractivity contribution in [1.29, 1.82) is 0 Å². The molecule has 0 aliphatic carbocycles. The average Bonchev–Trinajstić information content (AvgIpc) is 3.28. The lowest BCUT2D eigenvalue weighted by Crippen LogP contribution is -2.11. The molecule has 0 saturated heterocycles. The van der Waals surface area contributed by atoms with Gasteiger partial charge in [0.05, 0.1) is 7.11 Å². The number of ether oxygens (including phenoxy) is 1. The highest BCUT2D eigenvalue weighted by molar-refractivity contribution is 7.14. The number of carbonyl (C=O) groups is 1. The summed E-state index contributed by atoms with van der Waals surface area (Å²) in [5, 5.41) is 6.62. The summed E-state index contributed by atoms with van der Waals surface area (Å²) in [6.07, 6.45) is 0. The minimum Gasteiger partial charge on any atom is -0.493 e. The van der Waals surface area contributed by atoms with Gasteiger partial charge in [-0.15, -0.1) is 11.3 Å². The van der Waals surface area contributed by atoms with Crippen LogP contribution in [0.2, 0.25) is 5.02 Å². The van der Waals surface area contributed by atoms with Crippen LogP contribution in [0.15, 0.2) is 58.3 Å². The highest BCUT2D eigenvalue weighted by Gasteiger charge is 2.14. The molecule has 26 heavy (non-hydrogen) atoms. The molecule has 4 rings (SSSR count). The van der Waals surface area contributed by atoms with Crippen molar-refractivity contribution < 1.29 is 13.9 Å². The molecule has 0 bridgehead atoms. The van der Waals surface area contributed by atoms with Gasteiger partial charge in [0.2, 0.25) is 0 Å². The van der Waals surface area contributed by atoms with E-state index in [1.54, 1.807) is 31.4 Å². The molecule has 0 aliphatic rings. The molecule has 0 saturated carbocycles. The number of carbonyl (C=O) groups excluding carboxylic acids is 1. The first kappa shape index (κ1) is 16.6. The SMILES string of the molecule is COc1cccc2cc(-c3csc(NC(=O)c4ccc(Cl)cc4)n3)oc12. The van der Waals surface area contributed by atoms with E-state index in [-0.39, 0.29) is 5.91 Å². The van der Waals surface area contributed by atoms with Crippen LogP contribution in [-0.2, 0) is 0 Å². The van der Waals surface area contributed by atoms with Crippen LogP contribution in [0.5, 0.6) is 5.75 Å². The quantitative estimate of drug-likeness (QED) is 0.506. The summed E-state index contributed by atoms with van der Waals surface area (Å²) in [4.78, 5) is 16.7. The van der Waals surface area contributed by atoms with Crippen molar-refractivity contribution in [3.63, 3.8) is 0 Å². The highest BCUT2D eigenvalue weighted by atomic mass is 35.5. The van der Waals surface area contributed by atoms with E-state index >= 15 is 0 Å². The molecule has 0 atom stereocenters. The summed E-state index contributed by atoms with van der Waals surface area (Å²) in [6, 6.07) is 14.3. The molecule has 2 heterocycles. The van der Waals surface area contributed by atoms with Gasteiger partial charge < -0.3 is 9.15 Å². The third-order valence-electron chi connectivity index (χ3n) is 3.81. The third kappa shape index (κ3) is 3.16. The van der Waals surface area contributed by atoms with Gasteiger partial charge in [0, 0.05) is 21.4 Å². The molecule has 4 aromatic rings. The Morgan fingerprint density at radius 2 is 2.04 bits per heavy atom. The summed E-state index contributed by atoms with van der Waals surface area (Å²) in [6.45, 7) is 0. The van der Waals surface area contributed by atoms with E-state index < -0.39 is 0 Å². The number of halogens is 1. The number of nitrogens with zero attached hydrogens (tertiary/aromatic N) is 1. The molecule has 2 aromatic carbocycles. The largest absolute Gasteiger partial charge is 0.493 e. The molecule has 0 aliphatic heterocycles. The van der Waals surface area contributed by atoms with Gasteiger partial charge in [-0.05, 0) is 36.4 Å². The number of amides is 1. The van der Waals surface area contributed by atoms with E-state index in [2.05, 4.69) is 10.3 Å². The molecule has 7 heteroatoms. The predicted molar refractivity (Wildman–Crippen MR) is 103 cm³/mol. The first-order valence-corrected chi connectivity index (χ1v) is 8.99. The zero-order valence-corrected chi connectivity index (χ0v) is 15.2. The minimum atomic E-state index is -0.242.